The maximum absolute atomic E-state index is 11.6. The largest absolute Gasteiger partial charge is 0.229 e. The Morgan fingerprint density at radius 2 is 1.93 bits per heavy atom. The van der Waals surface area contributed by atoms with Gasteiger partial charge in [-0.1, -0.05) is 24.6 Å². The highest BCUT2D eigenvalue weighted by atomic mass is 32.2. The van der Waals surface area contributed by atoms with E-state index in [2.05, 4.69) is 4.40 Å². The Morgan fingerprint density at radius 3 is 2.43 bits per heavy atom. The first-order valence-corrected chi connectivity index (χ1v) is 5.77. The maximum atomic E-state index is 11.6. The molecule has 1 atom stereocenters. The van der Waals surface area contributed by atoms with Gasteiger partial charge in [0.1, 0.15) is 0 Å². The molecule has 1 aromatic carbocycles. The average Bonchev–Trinajstić information content (AvgIpc) is 2.18. The summed E-state index contributed by atoms with van der Waals surface area (Å²) in [6.45, 7) is 5.91. The first-order chi connectivity index (χ1) is 6.63. The first-order valence-electron chi connectivity index (χ1n) is 4.66. The Balaban J connectivity index is 2.85. The summed E-state index contributed by atoms with van der Waals surface area (Å²) in [4.78, 5) is 0.767. The fourth-order valence-electron chi connectivity index (χ4n) is 0.913. The zero-order valence-corrected chi connectivity index (χ0v) is 9.60. The summed E-state index contributed by atoms with van der Waals surface area (Å²) < 4.78 is 15.7. The van der Waals surface area contributed by atoms with Crippen molar-refractivity contribution in [1.29, 1.82) is 0 Å². The second kappa shape index (κ2) is 5.05. The lowest BCUT2D eigenvalue weighted by atomic mass is 10.2. The lowest BCUT2D eigenvalue weighted by Crippen LogP contribution is -1.93. The highest BCUT2D eigenvalue weighted by Crippen LogP contribution is 2.09. The molecule has 3 heteroatoms. The molecule has 0 aromatic heterocycles. The van der Waals surface area contributed by atoms with E-state index < -0.39 is 11.0 Å². The maximum Gasteiger partial charge on any atom is 0.172 e. The Hall–Kier alpha value is -0.960. The van der Waals surface area contributed by atoms with Crippen LogP contribution in [0.5, 0.6) is 0 Å². The molecule has 0 aliphatic heterocycles. The van der Waals surface area contributed by atoms with E-state index in [0.29, 0.717) is 0 Å². The molecule has 0 aliphatic carbocycles. The van der Waals surface area contributed by atoms with Crippen molar-refractivity contribution in [2.45, 2.75) is 32.1 Å². The summed E-state index contributed by atoms with van der Waals surface area (Å²) in [7, 11) is -1.23. The van der Waals surface area contributed by atoms with E-state index in [1.54, 1.807) is 0 Å². The van der Waals surface area contributed by atoms with Gasteiger partial charge in [0.25, 0.3) is 0 Å². The number of nitrogens with zero attached hydrogens (tertiary/aromatic N) is 1. The van der Waals surface area contributed by atoms with Crippen LogP contribution in [0.2, 0.25) is 0 Å². The molecule has 0 aliphatic rings. The van der Waals surface area contributed by atoms with Crippen LogP contribution in [-0.2, 0) is 11.0 Å². The van der Waals surface area contributed by atoms with E-state index in [4.69, 9.17) is 0 Å². The molecule has 0 saturated heterocycles. The van der Waals surface area contributed by atoms with Crippen LogP contribution in [0.15, 0.2) is 33.6 Å². The number of rotatable bonds is 3. The van der Waals surface area contributed by atoms with E-state index in [1.165, 1.54) is 5.56 Å². The third-order valence-corrected chi connectivity index (χ3v) is 3.13. The molecule has 0 unspecified atom stereocenters. The predicted octanol–water partition coefficient (Wildman–Crippen LogP) is 2.89. The van der Waals surface area contributed by atoms with Gasteiger partial charge in [-0.05, 0) is 32.4 Å². The van der Waals surface area contributed by atoms with Crippen LogP contribution in [0.1, 0.15) is 25.8 Å². The van der Waals surface area contributed by atoms with Gasteiger partial charge in [0.2, 0.25) is 0 Å². The third-order valence-electron chi connectivity index (χ3n) is 1.97. The molecule has 2 nitrogen and oxygen atoms in total. The number of aryl methyl sites for hydroxylation is 1. The van der Waals surface area contributed by atoms with E-state index in [0.717, 1.165) is 17.0 Å². The zero-order chi connectivity index (χ0) is 10.6. The molecule has 0 saturated carbocycles. The van der Waals surface area contributed by atoms with Gasteiger partial charge >= 0.3 is 0 Å². The summed E-state index contributed by atoms with van der Waals surface area (Å²) >= 11 is 0. The predicted molar refractivity (Wildman–Crippen MR) is 61.0 cm³/mol. The van der Waals surface area contributed by atoms with E-state index >= 15 is 0 Å². The van der Waals surface area contributed by atoms with Crippen LogP contribution in [0, 0.1) is 6.92 Å². The standard InChI is InChI=1S/C11H15NOS/c1-4-10(3)12-14(13)11-7-5-9(2)6-8-11/h5-8H,4H2,1-3H3/b12-10+/t14-/m0/s1. The fraction of sp³-hybridized carbons (Fsp3) is 0.364. The molecule has 76 valence electrons. The lowest BCUT2D eigenvalue weighted by molar-refractivity contribution is 0.684. The SMILES string of the molecule is CC/C(C)=N/[S@@](=O)c1ccc(C)cc1. The van der Waals surface area contributed by atoms with Crippen LogP contribution in [-0.4, -0.2) is 9.92 Å². The average molecular weight is 209 g/mol. The number of hydrogen-bond acceptors (Lipinski definition) is 1. The van der Waals surface area contributed by atoms with Crippen molar-refractivity contribution in [3.63, 3.8) is 0 Å². The van der Waals surface area contributed by atoms with E-state index in [1.807, 2.05) is 45.0 Å². The van der Waals surface area contributed by atoms with Crippen LogP contribution in [0.3, 0.4) is 0 Å². The normalized spacial score (nSPS) is 14.1. The smallest absolute Gasteiger partial charge is 0.172 e. The lowest BCUT2D eigenvalue weighted by Gasteiger charge is -1.98. The van der Waals surface area contributed by atoms with Gasteiger partial charge in [-0.25, -0.2) is 4.21 Å². The Kier molecular flexibility index (Phi) is 4.01. The van der Waals surface area contributed by atoms with Gasteiger partial charge in [-0.15, -0.1) is 0 Å². The second-order valence-corrected chi connectivity index (χ2v) is 4.39. The molecule has 0 amide bonds. The van der Waals surface area contributed by atoms with Crippen molar-refractivity contribution >= 4 is 16.7 Å². The minimum absolute atomic E-state index is 0.767. The summed E-state index contributed by atoms with van der Waals surface area (Å²) in [5.74, 6) is 0. The van der Waals surface area contributed by atoms with Gasteiger partial charge in [0.05, 0.1) is 4.90 Å². The van der Waals surface area contributed by atoms with Gasteiger partial charge in [-0.2, -0.15) is 4.40 Å². The topological polar surface area (TPSA) is 29.4 Å². The van der Waals surface area contributed by atoms with Crippen molar-refractivity contribution in [2.75, 3.05) is 0 Å². The minimum Gasteiger partial charge on any atom is -0.229 e. The van der Waals surface area contributed by atoms with Crippen LogP contribution >= 0.6 is 0 Å². The van der Waals surface area contributed by atoms with Gasteiger partial charge in [0.15, 0.2) is 11.0 Å². The molecule has 0 spiro atoms. The molecule has 0 fully saturated rings. The quantitative estimate of drug-likeness (QED) is 0.704. The van der Waals surface area contributed by atoms with Crippen molar-refractivity contribution in [1.82, 2.24) is 0 Å². The zero-order valence-electron chi connectivity index (χ0n) is 8.78. The summed E-state index contributed by atoms with van der Waals surface area (Å²) in [6, 6.07) is 7.61. The third kappa shape index (κ3) is 3.07. The molecule has 0 heterocycles. The molecule has 1 rings (SSSR count). The number of hydrogen-bond donors (Lipinski definition) is 0. The van der Waals surface area contributed by atoms with Crippen molar-refractivity contribution in [3.8, 4) is 0 Å². The van der Waals surface area contributed by atoms with Crippen LogP contribution in [0.25, 0.3) is 0 Å². The number of benzene rings is 1. The Morgan fingerprint density at radius 1 is 1.36 bits per heavy atom. The van der Waals surface area contributed by atoms with Crippen LogP contribution < -0.4 is 0 Å². The van der Waals surface area contributed by atoms with Gasteiger partial charge in [0, 0.05) is 5.71 Å². The fourth-order valence-corrected chi connectivity index (χ4v) is 1.80. The molecule has 0 N–H and O–H groups in total. The summed E-state index contributed by atoms with van der Waals surface area (Å²) in [5, 5.41) is 0. The van der Waals surface area contributed by atoms with Gasteiger partial charge < -0.3 is 0 Å². The second-order valence-electron chi connectivity index (χ2n) is 3.24. The van der Waals surface area contributed by atoms with E-state index in [9.17, 15) is 4.21 Å². The van der Waals surface area contributed by atoms with Crippen LogP contribution in [0.4, 0.5) is 0 Å². The molecule has 1 aromatic rings. The van der Waals surface area contributed by atoms with Crippen molar-refractivity contribution in [3.05, 3.63) is 29.8 Å². The monoisotopic (exact) mass is 209 g/mol. The van der Waals surface area contributed by atoms with Gasteiger partial charge in [-0.3, -0.25) is 0 Å². The molecular formula is C11H15NOS. The molecule has 0 radical (unpaired) electrons. The molecule has 14 heavy (non-hydrogen) atoms. The molecular weight excluding hydrogens is 194 g/mol. The first kappa shape index (κ1) is 11.1. The highest BCUT2D eigenvalue weighted by Gasteiger charge is 2.00. The Bertz CT molecular complexity index is 354. The summed E-state index contributed by atoms with van der Waals surface area (Å²) in [5.41, 5.74) is 2.09. The van der Waals surface area contributed by atoms with Crippen molar-refractivity contribution in [2.24, 2.45) is 4.40 Å². The summed E-state index contributed by atoms with van der Waals surface area (Å²) in [6.07, 6.45) is 0.845. The molecule has 0 bridgehead atoms. The van der Waals surface area contributed by atoms with E-state index in [-0.39, 0.29) is 0 Å². The highest BCUT2D eigenvalue weighted by molar-refractivity contribution is 7.83. The minimum atomic E-state index is -1.23. The van der Waals surface area contributed by atoms with Crippen molar-refractivity contribution < 1.29 is 4.21 Å². The Labute approximate surface area is 87.7 Å².